The molecule has 0 aliphatic heterocycles. The number of rotatable bonds is 5. The van der Waals surface area contributed by atoms with Crippen LogP contribution in [0.2, 0.25) is 0 Å². The molecule has 0 saturated heterocycles. The topological polar surface area (TPSA) is 124 Å². The summed E-state index contributed by atoms with van der Waals surface area (Å²) in [4.78, 5) is 29.7. The minimum atomic E-state index is -5.08. The third-order valence-electron chi connectivity index (χ3n) is 2.19. The molecule has 1 rings (SSSR count). The largest absolute Gasteiger partial charge is 0.508 e. The van der Waals surface area contributed by atoms with Crippen LogP contribution in [0.5, 0.6) is 5.75 Å². The number of halogens is 3. The number of alkyl halides is 3. The number of carbonyl (C=O) groups is 3. The molecule has 0 aliphatic carbocycles. The standard InChI is InChI=1S/C10H11NO4.C2HF3O2/c12-6-11-9(10(14)15)5-7-1-3-8(13)4-2-7;3-2(4,5)1(6)7/h1-4,6,9,13H,5H2,(H,11,12)(H,14,15);(H,6,7)/t9-;/m0./s1. The molecule has 4 N–H and O–H groups in total. The van der Waals surface area contributed by atoms with E-state index >= 15 is 0 Å². The normalized spacial score (nSPS) is 11.6. The van der Waals surface area contributed by atoms with E-state index in [0.29, 0.717) is 6.41 Å². The molecule has 7 nitrogen and oxygen atoms in total. The molecule has 122 valence electrons. The van der Waals surface area contributed by atoms with E-state index in [2.05, 4.69) is 5.32 Å². The zero-order chi connectivity index (χ0) is 17.3. The number of phenolic OH excluding ortho intramolecular Hbond substituents is 1. The zero-order valence-corrected chi connectivity index (χ0v) is 10.9. The Kier molecular flexibility index (Phi) is 7.42. The predicted octanol–water partition coefficient (Wildman–Crippen LogP) is 0.767. The lowest BCUT2D eigenvalue weighted by Gasteiger charge is -2.10. The summed E-state index contributed by atoms with van der Waals surface area (Å²) in [5.41, 5.74) is 0.731. The van der Waals surface area contributed by atoms with E-state index in [1.165, 1.54) is 12.1 Å². The van der Waals surface area contributed by atoms with Gasteiger partial charge in [-0.2, -0.15) is 13.2 Å². The van der Waals surface area contributed by atoms with E-state index < -0.39 is 24.2 Å². The summed E-state index contributed by atoms with van der Waals surface area (Å²) >= 11 is 0. The van der Waals surface area contributed by atoms with E-state index in [9.17, 15) is 22.8 Å². The van der Waals surface area contributed by atoms with Crippen molar-refractivity contribution in [2.45, 2.75) is 18.6 Å². The molecule has 0 aliphatic rings. The summed E-state index contributed by atoms with van der Waals surface area (Å²) < 4.78 is 31.7. The van der Waals surface area contributed by atoms with Crippen molar-refractivity contribution < 1.29 is 42.9 Å². The van der Waals surface area contributed by atoms with Crippen LogP contribution in [0, 0.1) is 0 Å². The van der Waals surface area contributed by atoms with Crippen LogP contribution in [-0.4, -0.2) is 45.9 Å². The fraction of sp³-hybridized carbons (Fsp3) is 0.250. The van der Waals surface area contributed by atoms with Gasteiger partial charge in [-0.25, -0.2) is 9.59 Å². The maximum absolute atomic E-state index is 10.7. The van der Waals surface area contributed by atoms with E-state index in [4.69, 9.17) is 20.1 Å². The van der Waals surface area contributed by atoms with Crippen LogP contribution in [0.1, 0.15) is 5.56 Å². The van der Waals surface area contributed by atoms with Crippen LogP contribution in [0.15, 0.2) is 24.3 Å². The van der Waals surface area contributed by atoms with Crippen molar-refractivity contribution >= 4 is 18.3 Å². The lowest BCUT2D eigenvalue weighted by molar-refractivity contribution is -0.192. The van der Waals surface area contributed by atoms with Crippen LogP contribution in [0.3, 0.4) is 0 Å². The summed E-state index contributed by atoms with van der Waals surface area (Å²) in [5, 5.41) is 27.1. The van der Waals surface area contributed by atoms with Gasteiger partial charge in [0, 0.05) is 6.42 Å². The van der Waals surface area contributed by atoms with Gasteiger partial charge in [-0.05, 0) is 17.7 Å². The first-order valence-corrected chi connectivity index (χ1v) is 5.58. The molecule has 1 aromatic rings. The average molecular weight is 323 g/mol. The molecule has 0 unspecified atom stereocenters. The van der Waals surface area contributed by atoms with Gasteiger partial charge in [0.15, 0.2) is 0 Å². The molecule has 0 radical (unpaired) electrons. The van der Waals surface area contributed by atoms with Crippen molar-refractivity contribution in [3.8, 4) is 5.75 Å². The first kappa shape index (κ1) is 19.2. The summed E-state index contributed by atoms with van der Waals surface area (Å²) in [6.45, 7) is 0. The highest BCUT2D eigenvalue weighted by atomic mass is 19.4. The summed E-state index contributed by atoms with van der Waals surface area (Å²) in [5.74, 6) is -3.73. The number of aliphatic carboxylic acids is 2. The van der Waals surface area contributed by atoms with E-state index in [1.54, 1.807) is 12.1 Å². The maximum Gasteiger partial charge on any atom is 0.490 e. The third kappa shape index (κ3) is 7.72. The Bertz CT molecular complexity index is 515. The first-order chi connectivity index (χ1) is 10.1. The zero-order valence-electron chi connectivity index (χ0n) is 10.9. The fourth-order valence-corrected chi connectivity index (χ4v) is 1.17. The number of hydrogen-bond donors (Lipinski definition) is 4. The van der Waals surface area contributed by atoms with Crippen molar-refractivity contribution in [3.05, 3.63) is 29.8 Å². The molecule has 0 saturated carbocycles. The van der Waals surface area contributed by atoms with Crippen molar-refractivity contribution in [2.75, 3.05) is 0 Å². The number of hydrogen-bond acceptors (Lipinski definition) is 4. The van der Waals surface area contributed by atoms with Gasteiger partial charge < -0.3 is 20.6 Å². The molecule has 0 heterocycles. The maximum atomic E-state index is 10.7. The quantitative estimate of drug-likeness (QED) is 0.593. The Morgan fingerprint density at radius 1 is 1.18 bits per heavy atom. The number of phenols is 1. The van der Waals surface area contributed by atoms with Gasteiger partial charge in [0.25, 0.3) is 0 Å². The number of nitrogens with one attached hydrogen (secondary N) is 1. The number of amides is 1. The van der Waals surface area contributed by atoms with Gasteiger partial charge in [-0.15, -0.1) is 0 Å². The lowest BCUT2D eigenvalue weighted by atomic mass is 10.1. The van der Waals surface area contributed by atoms with Gasteiger partial charge in [0.2, 0.25) is 6.41 Å². The minimum Gasteiger partial charge on any atom is -0.508 e. The molecule has 10 heteroatoms. The molecule has 1 amide bonds. The van der Waals surface area contributed by atoms with Crippen LogP contribution >= 0.6 is 0 Å². The lowest BCUT2D eigenvalue weighted by Crippen LogP contribution is -2.37. The van der Waals surface area contributed by atoms with Gasteiger partial charge in [-0.3, -0.25) is 4.79 Å². The molecule has 0 spiro atoms. The molecule has 0 bridgehead atoms. The summed E-state index contributed by atoms with van der Waals surface area (Å²) in [6, 6.07) is 5.21. The fourth-order valence-electron chi connectivity index (χ4n) is 1.17. The Labute approximate surface area is 122 Å². The van der Waals surface area contributed by atoms with Gasteiger partial charge in [0.05, 0.1) is 0 Å². The summed E-state index contributed by atoms with van der Waals surface area (Å²) in [6.07, 6.45) is -4.53. The smallest absolute Gasteiger partial charge is 0.490 e. The summed E-state index contributed by atoms with van der Waals surface area (Å²) in [7, 11) is 0. The Morgan fingerprint density at radius 3 is 1.95 bits per heavy atom. The highest BCUT2D eigenvalue weighted by Crippen LogP contribution is 2.13. The van der Waals surface area contributed by atoms with E-state index in [0.717, 1.165) is 5.56 Å². The van der Waals surface area contributed by atoms with E-state index in [1.807, 2.05) is 0 Å². The second-order valence-electron chi connectivity index (χ2n) is 3.85. The predicted molar refractivity (Wildman–Crippen MR) is 66.1 cm³/mol. The average Bonchev–Trinajstić information content (AvgIpc) is 2.40. The Hall–Kier alpha value is -2.78. The van der Waals surface area contributed by atoms with Crippen LogP contribution in [0.25, 0.3) is 0 Å². The highest BCUT2D eigenvalue weighted by Gasteiger charge is 2.38. The van der Waals surface area contributed by atoms with Gasteiger partial charge >= 0.3 is 18.1 Å². The number of carboxylic acids is 2. The number of carbonyl (C=O) groups excluding carboxylic acids is 1. The Morgan fingerprint density at radius 2 is 1.64 bits per heavy atom. The number of benzene rings is 1. The second-order valence-corrected chi connectivity index (χ2v) is 3.85. The van der Waals surface area contributed by atoms with Crippen molar-refractivity contribution in [2.24, 2.45) is 0 Å². The molecule has 1 aromatic carbocycles. The highest BCUT2D eigenvalue weighted by molar-refractivity contribution is 5.76. The van der Waals surface area contributed by atoms with Gasteiger partial charge in [0.1, 0.15) is 11.8 Å². The third-order valence-corrected chi connectivity index (χ3v) is 2.19. The van der Waals surface area contributed by atoms with Crippen molar-refractivity contribution in [1.29, 1.82) is 0 Å². The van der Waals surface area contributed by atoms with Crippen molar-refractivity contribution in [1.82, 2.24) is 5.32 Å². The van der Waals surface area contributed by atoms with Crippen LogP contribution < -0.4 is 5.32 Å². The van der Waals surface area contributed by atoms with Crippen molar-refractivity contribution in [3.63, 3.8) is 0 Å². The van der Waals surface area contributed by atoms with E-state index in [-0.39, 0.29) is 12.2 Å². The molecular weight excluding hydrogens is 311 g/mol. The Balaban J connectivity index is 0.000000534. The van der Waals surface area contributed by atoms with Crippen LogP contribution in [-0.2, 0) is 20.8 Å². The SMILES string of the molecule is O=C(O)C(F)(F)F.O=CN[C@@H](Cc1ccc(O)cc1)C(=O)O. The molecule has 22 heavy (non-hydrogen) atoms. The number of aromatic hydroxyl groups is 1. The minimum absolute atomic E-state index is 0.119. The molecular formula is C12H12F3NO6. The first-order valence-electron chi connectivity index (χ1n) is 5.58. The molecule has 0 aromatic heterocycles. The second kappa shape index (κ2) is 8.49. The number of carboxylic acid groups (broad SMARTS) is 2. The molecule has 0 fully saturated rings. The van der Waals surface area contributed by atoms with Crippen LogP contribution in [0.4, 0.5) is 13.2 Å². The molecule has 1 atom stereocenters. The monoisotopic (exact) mass is 323 g/mol. The van der Waals surface area contributed by atoms with Gasteiger partial charge in [-0.1, -0.05) is 12.1 Å².